The highest BCUT2D eigenvalue weighted by Gasteiger charge is 2.20. The molecule has 0 aromatic heterocycles. The molecule has 0 aromatic carbocycles. The zero-order chi connectivity index (χ0) is 11.4. The second-order valence-corrected chi connectivity index (χ2v) is 5.31. The van der Waals surface area contributed by atoms with Gasteiger partial charge in [0, 0.05) is 24.7 Å². The summed E-state index contributed by atoms with van der Waals surface area (Å²) in [4.78, 5) is 11.1. The molecule has 0 aliphatic heterocycles. The van der Waals surface area contributed by atoms with Crippen molar-refractivity contribution in [2.45, 2.75) is 51.9 Å². The summed E-state index contributed by atoms with van der Waals surface area (Å²) in [7, 11) is 0. The van der Waals surface area contributed by atoms with Gasteiger partial charge in [-0.25, -0.2) is 0 Å². The molecule has 16 heavy (non-hydrogen) atoms. The molecule has 2 heteroatoms. The Morgan fingerprint density at radius 3 is 2.44 bits per heavy atom. The first-order valence-corrected chi connectivity index (χ1v) is 6.75. The Labute approximate surface area is 98.5 Å². The summed E-state index contributed by atoms with van der Waals surface area (Å²) >= 11 is 0. The summed E-state index contributed by atoms with van der Waals surface area (Å²) in [6.07, 6.45) is 10.3. The summed E-state index contributed by atoms with van der Waals surface area (Å²) in [6.45, 7) is 3.38. The first-order chi connectivity index (χ1) is 7.78. The quantitative estimate of drug-likeness (QED) is 0.790. The van der Waals surface area contributed by atoms with Crippen LogP contribution >= 0.6 is 0 Å². The van der Waals surface area contributed by atoms with E-state index in [2.05, 4.69) is 12.2 Å². The van der Waals surface area contributed by atoms with Gasteiger partial charge in [0.15, 0.2) is 5.78 Å². The lowest BCUT2D eigenvalue weighted by Gasteiger charge is -2.28. The summed E-state index contributed by atoms with van der Waals surface area (Å²) in [5.74, 6) is 2.10. The number of ketones is 1. The van der Waals surface area contributed by atoms with Crippen molar-refractivity contribution < 1.29 is 4.79 Å². The van der Waals surface area contributed by atoms with E-state index in [1.54, 1.807) is 6.08 Å². The Kier molecular flexibility index (Phi) is 4.03. The van der Waals surface area contributed by atoms with Crippen LogP contribution in [0.3, 0.4) is 0 Å². The Morgan fingerprint density at radius 1 is 1.19 bits per heavy atom. The first-order valence-electron chi connectivity index (χ1n) is 6.75. The fourth-order valence-corrected chi connectivity index (χ4v) is 2.86. The molecule has 0 atom stereocenters. The molecule has 0 radical (unpaired) electrons. The highest BCUT2D eigenvalue weighted by atomic mass is 16.1. The fraction of sp³-hybridized carbons (Fsp3) is 0.786. The van der Waals surface area contributed by atoms with E-state index in [4.69, 9.17) is 0 Å². The smallest absolute Gasteiger partial charge is 0.157 e. The number of allylic oxidation sites excluding steroid dienone is 2. The van der Waals surface area contributed by atoms with Gasteiger partial charge >= 0.3 is 0 Å². The number of carbonyl (C=O) groups excluding carboxylic acids is 1. The molecule has 2 nitrogen and oxygen atoms in total. The highest BCUT2D eigenvalue weighted by molar-refractivity contribution is 5.92. The Hall–Kier alpha value is -0.790. The van der Waals surface area contributed by atoms with E-state index in [1.165, 1.54) is 37.8 Å². The molecule has 0 bridgehead atoms. The molecule has 1 saturated carbocycles. The van der Waals surface area contributed by atoms with Crippen LogP contribution in [-0.2, 0) is 4.79 Å². The molecular formula is C14H23NO. The van der Waals surface area contributed by atoms with Crippen LogP contribution in [0.5, 0.6) is 0 Å². The largest absolute Gasteiger partial charge is 0.388 e. The number of carbonyl (C=O) groups is 1. The van der Waals surface area contributed by atoms with E-state index >= 15 is 0 Å². The third-order valence-corrected chi connectivity index (χ3v) is 4.14. The third-order valence-electron chi connectivity index (χ3n) is 4.14. The Balaban J connectivity index is 1.67. The van der Waals surface area contributed by atoms with Gasteiger partial charge in [-0.05, 0) is 31.1 Å². The molecule has 0 spiro atoms. The molecule has 0 amide bonds. The van der Waals surface area contributed by atoms with Crippen molar-refractivity contribution in [3.8, 4) is 0 Å². The average Bonchev–Trinajstić information content (AvgIpc) is 2.73. The van der Waals surface area contributed by atoms with Gasteiger partial charge in [-0.15, -0.1) is 0 Å². The third kappa shape index (κ3) is 3.10. The lowest BCUT2D eigenvalue weighted by atomic mass is 9.81. The second kappa shape index (κ2) is 5.51. The lowest BCUT2D eigenvalue weighted by Crippen LogP contribution is -2.25. The molecule has 0 aromatic rings. The summed E-state index contributed by atoms with van der Waals surface area (Å²) in [6, 6.07) is 0. The van der Waals surface area contributed by atoms with Crippen LogP contribution in [0.1, 0.15) is 51.9 Å². The van der Waals surface area contributed by atoms with E-state index < -0.39 is 0 Å². The van der Waals surface area contributed by atoms with Crippen LogP contribution in [0.4, 0.5) is 0 Å². The fourth-order valence-electron chi connectivity index (χ4n) is 2.86. The minimum Gasteiger partial charge on any atom is -0.388 e. The average molecular weight is 221 g/mol. The number of hydrogen-bond acceptors (Lipinski definition) is 2. The summed E-state index contributed by atoms with van der Waals surface area (Å²) in [5.41, 5.74) is 1.17. The summed E-state index contributed by atoms with van der Waals surface area (Å²) in [5, 5.41) is 3.45. The molecular weight excluding hydrogens is 198 g/mol. The van der Waals surface area contributed by atoms with E-state index in [0.717, 1.165) is 24.8 Å². The molecule has 90 valence electrons. The van der Waals surface area contributed by atoms with Crippen molar-refractivity contribution >= 4 is 5.78 Å². The van der Waals surface area contributed by atoms with Crippen molar-refractivity contribution in [2.24, 2.45) is 11.8 Å². The Bertz CT molecular complexity index is 274. The molecule has 0 heterocycles. The van der Waals surface area contributed by atoms with E-state index in [9.17, 15) is 4.79 Å². The van der Waals surface area contributed by atoms with Crippen molar-refractivity contribution in [3.05, 3.63) is 11.8 Å². The molecule has 2 aliphatic rings. The van der Waals surface area contributed by atoms with Gasteiger partial charge in [0.2, 0.25) is 0 Å². The zero-order valence-electron chi connectivity index (χ0n) is 10.3. The van der Waals surface area contributed by atoms with Crippen LogP contribution in [0.15, 0.2) is 11.8 Å². The van der Waals surface area contributed by atoms with Gasteiger partial charge < -0.3 is 5.32 Å². The van der Waals surface area contributed by atoms with Gasteiger partial charge in [0.25, 0.3) is 0 Å². The van der Waals surface area contributed by atoms with E-state index in [1.807, 2.05) is 0 Å². The maximum Gasteiger partial charge on any atom is 0.157 e. The van der Waals surface area contributed by atoms with Gasteiger partial charge in [0.1, 0.15) is 0 Å². The minimum absolute atomic E-state index is 0.289. The number of nitrogens with one attached hydrogen (secondary N) is 1. The monoisotopic (exact) mass is 221 g/mol. The van der Waals surface area contributed by atoms with Crippen LogP contribution in [0, 0.1) is 11.8 Å². The lowest BCUT2D eigenvalue weighted by molar-refractivity contribution is -0.114. The van der Waals surface area contributed by atoms with Gasteiger partial charge in [-0.2, -0.15) is 0 Å². The molecule has 1 N–H and O–H groups in total. The standard InChI is InChI=1S/C14H23NO/c1-2-11-3-5-12(6-4-11)10-15-13-7-8-14(16)9-13/h9,11-12,15H,2-8,10H2,1H3. The highest BCUT2D eigenvalue weighted by Crippen LogP contribution is 2.30. The van der Waals surface area contributed by atoms with Crippen molar-refractivity contribution in [1.29, 1.82) is 0 Å². The van der Waals surface area contributed by atoms with E-state index in [0.29, 0.717) is 6.42 Å². The zero-order valence-corrected chi connectivity index (χ0v) is 10.3. The topological polar surface area (TPSA) is 29.1 Å². The molecule has 1 fully saturated rings. The molecule has 0 unspecified atom stereocenters. The maximum atomic E-state index is 11.1. The second-order valence-electron chi connectivity index (χ2n) is 5.31. The van der Waals surface area contributed by atoms with Crippen LogP contribution in [0.25, 0.3) is 0 Å². The number of hydrogen-bond donors (Lipinski definition) is 1. The van der Waals surface area contributed by atoms with Crippen LogP contribution in [-0.4, -0.2) is 12.3 Å². The van der Waals surface area contributed by atoms with Gasteiger partial charge in [-0.3, -0.25) is 4.79 Å². The number of rotatable bonds is 4. The van der Waals surface area contributed by atoms with Gasteiger partial charge in [0.05, 0.1) is 0 Å². The normalized spacial score (nSPS) is 30.3. The molecule has 2 rings (SSSR count). The maximum absolute atomic E-state index is 11.1. The molecule has 0 saturated heterocycles. The van der Waals surface area contributed by atoms with Crippen molar-refractivity contribution in [1.82, 2.24) is 5.32 Å². The summed E-state index contributed by atoms with van der Waals surface area (Å²) < 4.78 is 0. The van der Waals surface area contributed by atoms with Gasteiger partial charge in [-0.1, -0.05) is 26.2 Å². The Morgan fingerprint density at radius 2 is 1.88 bits per heavy atom. The minimum atomic E-state index is 0.289. The van der Waals surface area contributed by atoms with Crippen LogP contribution in [0.2, 0.25) is 0 Å². The first kappa shape index (κ1) is 11.7. The molecule has 2 aliphatic carbocycles. The predicted octanol–water partition coefficient (Wildman–Crippen LogP) is 3.04. The van der Waals surface area contributed by atoms with Crippen LogP contribution < -0.4 is 5.32 Å². The predicted molar refractivity (Wildman–Crippen MR) is 66.1 cm³/mol. The van der Waals surface area contributed by atoms with Crippen molar-refractivity contribution in [2.75, 3.05) is 6.54 Å². The van der Waals surface area contributed by atoms with Crippen molar-refractivity contribution in [3.63, 3.8) is 0 Å². The SMILES string of the molecule is CCC1CCC(CNC2=CC(=O)CC2)CC1. The van der Waals surface area contributed by atoms with E-state index in [-0.39, 0.29) is 5.78 Å².